The lowest BCUT2D eigenvalue weighted by atomic mass is 10.1. The van der Waals surface area contributed by atoms with E-state index in [-0.39, 0.29) is 4.90 Å². The third kappa shape index (κ3) is 4.10. The third-order valence-corrected chi connectivity index (χ3v) is 7.19. The van der Waals surface area contributed by atoms with E-state index in [0.717, 1.165) is 33.8 Å². The number of sulfonamides is 1. The minimum atomic E-state index is -3.53. The number of nitrogens with zero attached hydrogens (tertiary/aromatic N) is 3. The fraction of sp³-hybridized carbons (Fsp3) is 0.238. The first-order valence-corrected chi connectivity index (χ1v) is 11.8. The summed E-state index contributed by atoms with van der Waals surface area (Å²) in [5.74, 6) is 0.688. The van der Waals surface area contributed by atoms with Crippen molar-refractivity contribution < 1.29 is 8.42 Å². The lowest BCUT2D eigenvalue weighted by Gasteiger charge is -2.07. The van der Waals surface area contributed by atoms with Crippen LogP contribution in [0.2, 0.25) is 0 Å². The Labute approximate surface area is 174 Å². The van der Waals surface area contributed by atoms with Crippen molar-refractivity contribution >= 4 is 26.3 Å². The van der Waals surface area contributed by atoms with Gasteiger partial charge in [-0.15, -0.1) is 16.4 Å². The smallest absolute Gasteiger partial charge is 0.211 e. The van der Waals surface area contributed by atoms with Gasteiger partial charge in [0.2, 0.25) is 15.0 Å². The number of benzene rings is 2. The second-order valence-corrected chi connectivity index (χ2v) is 9.42. The Morgan fingerprint density at radius 3 is 2.59 bits per heavy atom. The zero-order chi connectivity index (χ0) is 20.4. The van der Waals surface area contributed by atoms with E-state index in [9.17, 15) is 8.42 Å². The normalized spacial score (nSPS) is 11.9. The van der Waals surface area contributed by atoms with E-state index >= 15 is 0 Å². The molecule has 0 unspecified atom stereocenters. The molecule has 1 N–H and O–H groups in total. The Balaban J connectivity index is 1.48. The number of hydrogen-bond donors (Lipinski definition) is 1. The van der Waals surface area contributed by atoms with Gasteiger partial charge in [-0.1, -0.05) is 43.3 Å². The van der Waals surface area contributed by atoms with Crippen LogP contribution in [0.5, 0.6) is 0 Å². The number of aryl methyl sites for hydroxylation is 2. The molecule has 0 bridgehead atoms. The summed E-state index contributed by atoms with van der Waals surface area (Å²) in [4.78, 5) is 5.70. The molecule has 150 valence electrons. The zero-order valence-electron chi connectivity index (χ0n) is 16.3. The maximum Gasteiger partial charge on any atom is 0.240 e. The zero-order valence-corrected chi connectivity index (χ0v) is 17.9. The molecule has 6 nitrogen and oxygen atoms in total. The number of hydrogen-bond acceptors (Lipinski definition) is 5. The van der Waals surface area contributed by atoms with Crippen molar-refractivity contribution in [1.82, 2.24) is 19.3 Å². The maximum absolute atomic E-state index is 12.5. The van der Waals surface area contributed by atoms with Crippen LogP contribution in [0.15, 0.2) is 58.8 Å². The van der Waals surface area contributed by atoms with E-state index in [4.69, 9.17) is 0 Å². The number of rotatable bonds is 7. The Kier molecular flexibility index (Phi) is 5.49. The molecule has 2 aromatic carbocycles. The van der Waals surface area contributed by atoms with Gasteiger partial charge in [0.1, 0.15) is 0 Å². The van der Waals surface area contributed by atoms with Crippen LogP contribution in [0.3, 0.4) is 0 Å². The monoisotopic (exact) mass is 426 g/mol. The number of fused-ring (bicyclic) bond motifs is 1. The Morgan fingerprint density at radius 1 is 1.10 bits per heavy atom. The molecule has 0 saturated carbocycles. The molecule has 0 spiro atoms. The molecule has 0 atom stereocenters. The topological polar surface area (TPSA) is 76.4 Å². The van der Waals surface area contributed by atoms with Crippen molar-refractivity contribution in [2.75, 3.05) is 6.54 Å². The molecule has 0 amide bonds. The van der Waals surface area contributed by atoms with Gasteiger partial charge in [0, 0.05) is 23.9 Å². The van der Waals surface area contributed by atoms with E-state index < -0.39 is 10.0 Å². The van der Waals surface area contributed by atoms with E-state index in [2.05, 4.69) is 14.8 Å². The average molecular weight is 427 g/mol. The van der Waals surface area contributed by atoms with Gasteiger partial charge in [-0.3, -0.25) is 0 Å². The average Bonchev–Trinajstić information content (AvgIpc) is 3.30. The van der Waals surface area contributed by atoms with Gasteiger partial charge < -0.3 is 0 Å². The van der Waals surface area contributed by atoms with Gasteiger partial charge in [-0.25, -0.2) is 17.7 Å². The molecule has 8 heteroatoms. The van der Waals surface area contributed by atoms with Crippen LogP contribution >= 0.6 is 11.3 Å². The molecule has 0 aliphatic heterocycles. The van der Waals surface area contributed by atoms with Crippen molar-refractivity contribution in [3.05, 3.63) is 70.7 Å². The summed E-state index contributed by atoms with van der Waals surface area (Å²) < 4.78 is 29.5. The Hall–Kier alpha value is -2.55. The van der Waals surface area contributed by atoms with Crippen molar-refractivity contribution in [2.45, 2.75) is 31.6 Å². The minimum absolute atomic E-state index is 0.285. The standard InChI is InChI=1S/C21H22N4O2S2/c1-3-16-8-10-18(11-9-16)29(26,27)22-13-12-17-14-28-21-23-20(24-25(17)21)19-7-5-4-6-15(19)2/h4-11,14,22H,3,12-13H2,1-2H3. The molecule has 0 saturated heterocycles. The first kappa shape index (κ1) is 19.8. The van der Waals surface area contributed by atoms with Gasteiger partial charge in [-0.2, -0.15) is 4.98 Å². The number of aromatic nitrogens is 3. The summed E-state index contributed by atoms with van der Waals surface area (Å²) in [5, 5.41) is 6.61. The molecule has 0 fully saturated rings. The number of nitrogens with one attached hydrogen (secondary N) is 1. The van der Waals surface area contributed by atoms with Crippen molar-refractivity contribution in [2.24, 2.45) is 0 Å². The maximum atomic E-state index is 12.5. The summed E-state index contributed by atoms with van der Waals surface area (Å²) in [6.45, 7) is 4.37. The largest absolute Gasteiger partial charge is 0.240 e. The van der Waals surface area contributed by atoms with Gasteiger partial charge >= 0.3 is 0 Å². The van der Waals surface area contributed by atoms with Crippen molar-refractivity contribution in [1.29, 1.82) is 0 Å². The lowest BCUT2D eigenvalue weighted by Crippen LogP contribution is -2.26. The highest BCUT2D eigenvalue weighted by atomic mass is 32.2. The van der Waals surface area contributed by atoms with Crippen LogP contribution < -0.4 is 4.72 Å². The highest BCUT2D eigenvalue weighted by Crippen LogP contribution is 2.23. The molecule has 4 aromatic rings. The van der Waals surface area contributed by atoms with Gasteiger partial charge in [0.05, 0.1) is 10.6 Å². The fourth-order valence-corrected chi connectivity index (χ4v) is 5.02. The first-order valence-electron chi connectivity index (χ1n) is 9.45. The van der Waals surface area contributed by atoms with Crippen LogP contribution in [0.4, 0.5) is 0 Å². The second kappa shape index (κ2) is 8.06. The van der Waals surface area contributed by atoms with E-state index in [1.807, 2.05) is 55.6 Å². The van der Waals surface area contributed by atoms with Gasteiger partial charge in [0.25, 0.3) is 0 Å². The van der Waals surface area contributed by atoms with Crippen molar-refractivity contribution in [3.8, 4) is 11.4 Å². The summed E-state index contributed by atoms with van der Waals surface area (Å²) in [5.41, 5.74) is 4.17. The Bertz CT molecular complexity index is 1240. The van der Waals surface area contributed by atoms with Gasteiger partial charge in [-0.05, 0) is 36.6 Å². The summed E-state index contributed by atoms with van der Waals surface area (Å²) in [7, 11) is -3.53. The molecule has 0 radical (unpaired) electrons. The van der Waals surface area contributed by atoms with E-state index in [0.29, 0.717) is 18.8 Å². The fourth-order valence-electron chi connectivity index (χ4n) is 3.14. The van der Waals surface area contributed by atoms with Crippen LogP contribution in [0, 0.1) is 6.92 Å². The second-order valence-electron chi connectivity index (χ2n) is 6.82. The highest BCUT2D eigenvalue weighted by Gasteiger charge is 2.16. The summed E-state index contributed by atoms with van der Waals surface area (Å²) in [6, 6.07) is 15.0. The minimum Gasteiger partial charge on any atom is -0.211 e. The van der Waals surface area contributed by atoms with Crippen molar-refractivity contribution in [3.63, 3.8) is 0 Å². The molecule has 29 heavy (non-hydrogen) atoms. The third-order valence-electron chi connectivity index (χ3n) is 4.85. The Morgan fingerprint density at radius 2 is 1.86 bits per heavy atom. The summed E-state index contributed by atoms with van der Waals surface area (Å²) in [6.07, 6.45) is 1.41. The predicted octanol–water partition coefficient (Wildman–Crippen LogP) is 3.85. The van der Waals surface area contributed by atoms with E-state index in [1.165, 1.54) is 11.3 Å². The molecule has 2 aromatic heterocycles. The predicted molar refractivity (Wildman–Crippen MR) is 116 cm³/mol. The first-order chi connectivity index (χ1) is 14.0. The quantitative estimate of drug-likeness (QED) is 0.487. The molecule has 2 heterocycles. The molecule has 0 aliphatic carbocycles. The SMILES string of the molecule is CCc1ccc(S(=O)(=O)NCCc2csc3nc(-c4ccccc4C)nn23)cc1. The van der Waals surface area contributed by atoms with Crippen LogP contribution in [-0.2, 0) is 22.9 Å². The summed E-state index contributed by atoms with van der Waals surface area (Å²) >= 11 is 1.51. The molecular weight excluding hydrogens is 404 g/mol. The van der Waals surface area contributed by atoms with Crippen LogP contribution in [0.1, 0.15) is 23.7 Å². The number of thiazole rings is 1. The lowest BCUT2D eigenvalue weighted by molar-refractivity contribution is 0.581. The molecule has 0 aliphatic rings. The molecular formula is C21H22N4O2S2. The van der Waals surface area contributed by atoms with Crippen LogP contribution in [-0.4, -0.2) is 29.6 Å². The van der Waals surface area contributed by atoms with E-state index in [1.54, 1.807) is 16.6 Å². The molecule has 4 rings (SSSR count). The van der Waals surface area contributed by atoms with Crippen LogP contribution in [0.25, 0.3) is 16.3 Å². The van der Waals surface area contributed by atoms with Gasteiger partial charge in [0.15, 0.2) is 5.82 Å². The highest BCUT2D eigenvalue weighted by molar-refractivity contribution is 7.89.